The van der Waals surface area contributed by atoms with Crippen molar-refractivity contribution in [3.05, 3.63) is 58.6 Å². The van der Waals surface area contributed by atoms with E-state index < -0.39 is 0 Å². The van der Waals surface area contributed by atoms with Crippen molar-refractivity contribution in [2.24, 2.45) is 0 Å². The molecule has 0 aromatic heterocycles. The van der Waals surface area contributed by atoms with Crippen molar-refractivity contribution >= 4 is 23.1 Å². The van der Waals surface area contributed by atoms with Gasteiger partial charge in [0.15, 0.2) is 5.78 Å². The van der Waals surface area contributed by atoms with Crippen LogP contribution in [0.3, 0.4) is 0 Å². The number of ketones is 1. The number of ether oxygens (including phenoxy) is 1. The highest BCUT2D eigenvalue weighted by Crippen LogP contribution is 2.25. The standard InChI is InChI=1S/C14H12ClNO2/c1-18-13-5-3-2-4-10(13)14(17)9-6-7-12(16)11(15)8-9/h2-8H,16H2,1H3. The summed E-state index contributed by atoms with van der Waals surface area (Å²) in [6.45, 7) is 0. The summed E-state index contributed by atoms with van der Waals surface area (Å²) in [4.78, 5) is 12.3. The van der Waals surface area contributed by atoms with Crippen molar-refractivity contribution in [1.29, 1.82) is 0 Å². The van der Waals surface area contributed by atoms with E-state index in [0.717, 1.165) is 0 Å². The van der Waals surface area contributed by atoms with Gasteiger partial charge in [-0.15, -0.1) is 0 Å². The molecule has 92 valence electrons. The lowest BCUT2D eigenvalue weighted by Crippen LogP contribution is -2.04. The van der Waals surface area contributed by atoms with E-state index in [1.165, 1.54) is 7.11 Å². The topological polar surface area (TPSA) is 52.3 Å². The highest BCUT2D eigenvalue weighted by Gasteiger charge is 2.14. The molecule has 0 fully saturated rings. The van der Waals surface area contributed by atoms with Crippen LogP contribution in [0.15, 0.2) is 42.5 Å². The Morgan fingerprint density at radius 2 is 1.94 bits per heavy atom. The van der Waals surface area contributed by atoms with Crippen molar-refractivity contribution in [2.45, 2.75) is 0 Å². The first kappa shape index (κ1) is 12.5. The molecule has 0 saturated carbocycles. The zero-order valence-electron chi connectivity index (χ0n) is 9.81. The van der Waals surface area contributed by atoms with Crippen LogP contribution in [0.5, 0.6) is 5.75 Å². The third kappa shape index (κ3) is 2.31. The second-order valence-corrected chi connectivity index (χ2v) is 4.17. The van der Waals surface area contributed by atoms with Crippen molar-refractivity contribution < 1.29 is 9.53 Å². The highest BCUT2D eigenvalue weighted by atomic mass is 35.5. The van der Waals surface area contributed by atoms with Crippen LogP contribution in [0, 0.1) is 0 Å². The summed E-state index contributed by atoms with van der Waals surface area (Å²) in [6.07, 6.45) is 0. The number of hydrogen-bond donors (Lipinski definition) is 1. The van der Waals surface area contributed by atoms with Crippen LogP contribution in [-0.2, 0) is 0 Å². The Balaban J connectivity index is 2.44. The van der Waals surface area contributed by atoms with Gasteiger partial charge in [-0.25, -0.2) is 0 Å². The number of para-hydroxylation sites is 1. The summed E-state index contributed by atoms with van der Waals surface area (Å²) < 4.78 is 5.16. The maximum absolute atomic E-state index is 12.3. The molecular weight excluding hydrogens is 250 g/mol. The fraction of sp³-hybridized carbons (Fsp3) is 0.0714. The van der Waals surface area contributed by atoms with Gasteiger partial charge in [0, 0.05) is 5.56 Å². The van der Waals surface area contributed by atoms with Gasteiger partial charge in [-0.05, 0) is 30.3 Å². The van der Waals surface area contributed by atoms with E-state index in [4.69, 9.17) is 22.1 Å². The normalized spacial score (nSPS) is 10.1. The zero-order valence-corrected chi connectivity index (χ0v) is 10.6. The quantitative estimate of drug-likeness (QED) is 0.682. The molecule has 0 amide bonds. The molecule has 2 N–H and O–H groups in total. The summed E-state index contributed by atoms with van der Waals surface area (Å²) in [6, 6.07) is 11.9. The Kier molecular flexibility index (Phi) is 3.53. The van der Waals surface area contributed by atoms with Gasteiger partial charge in [-0.1, -0.05) is 23.7 Å². The third-order valence-electron chi connectivity index (χ3n) is 2.61. The summed E-state index contributed by atoms with van der Waals surface area (Å²) in [5.74, 6) is 0.393. The second-order valence-electron chi connectivity index (χ2n) is 3.77. The summed E-state index contributed by atoms with van der Waals surface area (Å²) in [5, 5.41) is 0.371. The monoisotopic (exact) mass is 261 g/mol. The van der Waals surface area contributed by atoms with E-state index in [1.807, 2.05) is 6.07 Å². The minimum atomic E-state index is -0.144. The fourth-order valence-electron chi connectivity index (χ4n) is 1.66. The minimum absolute atomic E-state index is 0.144. The molecule has 0 aliphatic rings. The van der Waals surface area contributed by atoms with Gasteiger partial charge >= 0.3 is 0 Å². The number of carbonyl (C=O) groups excluding carboxylic acids is 1. The maximum atomic E-state index is 12.3. The lowest BCUT2D eigenvalue weighted by Gasteiger charge is -2.08. The van der Waals surface area contributed by atoms with E-state index in [0.29, 0.717) is 27.6 Å². The SMILES string of the molecule is COc1ccccc1C(=O)c1ccc(N)c(Cl)c1. The summed E-state index contributed by atoms with van der Waals surface area (Å²) >= 11 is 5.91. The number of nitrogens with two attached hydrogens (primary N) is 1. The van der Waals surface area contributed by atoms with Crippen LogP contribution in [-0.4, -0.2) is 12.9 Å². The molecule has 0 radical (unpaired) electrons. The number of halogens is 1. The first-order valence-electron chi connectivity index (χ1n) is 5.36. The van der Waals surface area contributed by atoms with Crippen molar-refractivity contribution in [3.63, 3.8) is 0 Å². The fourth-order valence-corrected chi connectivity index (χ4v) is 1.84. The van der Waals surface area contributed by atoms with E-state index in [2.05, 4.69) is 0 Å². The van der Waals surface area contributed by atoms with Gasteiger partial charge in [0.05, 0.1) is 23.4 Å². The smallest absolute Gasteiger partial charge is 0.196 e. The zero-order chi connectivity index (χ0) is 13.1. The number of methoxy groups -OCH3 is 1. The Bertz CT molecular complexity index is 596. The van der Waals surface area contributed by atoms with Gasteiger partial charge in [0.1, 0.15) is 5.75 Å². The van der Waals surface area contributed by atoms with Crippen molar-refractivity contribution in [3.8, 4) is 5.75 Å². The van der Waals surface area contributed by atoms with Crippen LogP contribution in [0.4, 0.5) is 5.69 Å². The molecule has 0 heterocycles. The summed E-state index contributed by atoms with van der Waals surface area (Å²) in [5.41, 5.74) is 7.05. The Labute approximate surface area is 110 Å². The number of benzene rings is 2. The predicted molar refractivity (Wildman–Crippen MR) is 72.3 cm³/mol. The molecule has 3 nitrogen and oxygen atoms in total. The molecule has 0 saturated heterocycles. The molecule has 0 spiro atoms. The number of carbonyl (C=O) groups is 1. The van der Waals surface area contributed by atoms with Crippen molar-refractivity contribution in [1.82, 2.24) is 0 Å². The van der Waals surface area contributed by atoms with Crippen LogP contribution in [0.25, 0.3) is 0 Å². The van der Waals surface area contributed by atoms with Gasteiger partial charge in [0.2, 0.25) is 0 Å². The molecule has 18 heavy (non-hydrogen) atoms. The van der Waals surface area contributed by atoms with E-state index in [-0.39, 0.29) is 5.78 Å². The van der Waals surface area contributed by atoms with E-state index >= 15 is 0 Å². The van der Waals surface area contributed by atoms with Crippen LogP contribution in [0.2, 0.25) is 5.02 Å². The first-order chi connectivity index (χ1) is 8.63. The lowest BCUT2D eigenvalue weighted by molar-refractivity contribution is 0.103. The molecule has 2 rings (SSSR count). The largest absolute Gasteiger partial charge is 0.496 e. The average molecular weight is 262 g/mol. The number of hydrogen-bond acceptors (Lipinski definition) is 3. The highest BCUT2D eigenvalue weighted by molar-refractivity contribution is 6.33. The predicted octanol–water partition coefficient (Wildman–Crippen LogP) is 3.16. The molecule has 0 unspecified atom stereocenters. The molecule has 0 aliphatic carbocycles. The lowest BCUT2D eigenvalue weighted by atomic mass is 10.0. The number of nitrogen functional groups attached to an aromatic ring is 1. The van der Waals surface area contributed by atoms with Crippen molar-refractivity contribution in [2.75, 3.05) is 12.8 Å². The average Bonchev–Trinajstić information content (AvgIpc) is 2.41. The summed E-state index contributed by atoms with van der Waals surface area (Å²) in [7, 11) is 1.53. The molecular formula is C14H12ClNO2. The van der Waals surface area contributed by atoms with Gasteiger partial charge in [-0.2, -0.15) is 0 Å². The van der Waals surface area contributed by atoms with Crippen LogP contribution in [0.1, 0.15) is 15.9 Å². The molecule has 4 heteroatoms. The number of anilines is 1. The Morgan fingerprint density at radius 1 is 1.22 bits per heavy atom. The second kappa shape index (κ2) is 5.10. The molecule has 2 aromatic carbocycles. The molecule has 0 bridgehead atoms. The van der Waals surface area contributed by atoms with Gasteiger partial charge < -0.3 is 10.5 Å². The Morgan fingerprint density at radius 3 is 2.61 bits per heavy atom. The third-order valence-corrected chi connectivity index (χ3v) is 2.94. The molecule has 0 aliphatic heterocycles. The first-order valence-corrected chi connectivity index (χ1v) is 5.74. The van der Waals surface area contributed by atoms with Crippen LogP contribution < -0.4 is 10.5 Å². The van der Waals surface area contributed by atoms with E-state index in [9.17, 15) is 4.79 Å². The number of rotatable bonds is 3. The molecule has 2 aromatic rings. The molecule has 0 atom stereocenters. The minimum Gasteiger partial charge on any atom is -0.496 e. The van der Waals surface area contributed by atoms with E-state index in [1.54, 1.807) is 36.4 Å². The Hall–Kier alpha value is -2.00. The van der Waals surface area contributed by atoms with Crippen LogP contribution >= 0.6 is 11.6 Å². The maximum Gasteiger partial charge on any atom is 0.196 e. The van der Waals surface area contributed by atoms with Gasteiger partial charge in [-0.3, -0.25) is 4.79 Å². The van der Waals surface area contributed by atoms with Gasteiger partial charge in [0.25, 0.3) is 0 Å².